The zero-order valence-corrected chi connectivity index (χ0v) is 14.8. The summed E-state index contributed by atoms with van der Waals surface area (Å²) in [6.45, 7) is 2.50. The van der Waals surface area contributed by atoms with E-state index in [2.05, 4.69) is 5.32 Å². The van der Waals surface area contributed by atoms with Gasteiger partial charge in [0.2, 0.25) is 5.91 Å². The minimum Gasteiger partial charge on any atom is -0.507 e. The average Bonchev–Trinajstić information content (AvgIpc) is 2.52. The number of carbonyl (C=O) groups is 2. The predicted molar refractivity (Wildman–Crippen MR) is 95.7 cm³/mol. The van der Waals surface area contributed by atoms with E-state index < -0.39 is 18.8 Å². The van der Waals surface area contributed by atoms with E-state index in [0.717, 1.165) is 13.1 Å². The topological polar surface area (TPSA) is 140 Å². The molecule has 2 saturated heterocycles. The molecule has 0 radical (unpaired) electrons. The summed E-state index contributed by atoms with van der Waals surface area (Å²) in [5.41, 5.74) is -0.0578. The van der Waals surface area contributed by atoms with Crippen LogP contribution in [0.4, 0.5) is 0 Å². The van der Waals surface area contributed by atoms with Gasteiger partial charge >= 0.3 is 13.1 Å². The number of rotatable bonds is 8. The van der Waals surface area contributed by atoms with Crippen LogP contribution >= 0.6 is 0 Å². The Morgan fingerprint density at radius 1 is 1.26 bits per heavy atom. The van der Waals surface area contributed by atoms with E-state index in [4.69, 9.17) is 14.8 Å². The molecule has 1 aromatic rings. The van der Waals surface area contributed by atoms with E-state index in [1.807, 2.05) is 0 Å². The molecule has 2 fully saturated rings. The maximum atomic E-state index is 12.1. The number of carboxylic acids is 1. The van der Waals surface area contributed by atoms with Crippen LogP contribution in [-0.4, -0.2) is 76.4 Å². The van der Waals surface area contributed by atoms with Crippen LogP contribution in [-0.2, 0) is 11.2 Å². The Bertz CT molecular complexity index is 717. The second kappa shape index (κ2) is 8.16. The van der Waals surface area contributed by atoms with E-state index >= 15 is 0 Å². The molecule has 10 heteroatoms. The first-order chi connectivity index (χ1) is 12.8. The summed E-state index contributed by atoms with van der Waals surface area (Å²) in [6.07, 6.45) is 0.275. The summed E-state index contributed by atoms with van der Waals surface area (Å²) in [4.78, 5) is 25.3. The number of carbonyl (C=O) groups excluding carboxylic acids is 1. The minimum absolute atomic E-state index is 0.0248. The molecule has 2 aliphatic heterocycles. The van der Waals surface area contributed by atoms with E-state index in [1.54, 1.807) is 4.90 Å². The van der Waals surface area contributed by atoms with Gasteiger partial charge in [-0.3, -0.25) is 4.79 Å². The number of nitrogens with zero attached hydrogens (tertiary/aromatic N) is 1. The van der Waals surface area contributed by atoms with Crippen molar-refractivity contribution in [3.63, 3.8) is 0 Å². The molecule has 0 aromatic heterocycles. The van der Waals surface area contributed by atoms with Crippen LogP contribution in [0.2, 0.25) is 6.32 Å². The molecule has 0 saturated carbocycles. The summed E-state index contributed by atoms with van der Waals surface area (Å²) >= 11 is 0. The number of aryl methyl sites for hydroxylation is 1. The zero-order chi connectivity index (χ0) is 19.6. The third-order valence-electron chi connectivity index (χ3n) is 4.93. The fraction of sp³-hybridized carbons (Fsp3) is 0.529. The highest BCUT2D eigenvalue weighted by Crippen LogP contribution is 2.34. The first-order valence-corrected chi connectivity index (χ1v) is 8.94. The second-order valence-corrected chi connectivity index (χ2v) is 7.04. The number of phenols is 1. The maximum Gasteiger partial charge on any atom is 0.451 e. The Morgan fingerprint density at radius 2 is 1.96 bits per heavy atom. The molecule has 1 aromatic carbocycles. The first kappa shape index (κ1) is 19.5. The van der Waals surface area contributed by atoms with E-state index in [1.165, 1.54) is 12.1 Å². The highest BCUT2D eigenvalue weighted by molar-refractivity contribution is 6.41. The van der Waals surface area contributed by atoms with Crippen LogP contribution in [0.3, 0.4) is 0 Å². The summed E-state index contributed by atoms with van der Waals surface area (Å²) in [5, 5.41) is 40.6. The van der Waals surface area contributed by atoms with Gasteiger partial charge in [0.25, 0.3) is 0 Å². The van der Waals surface area contributed by atoms with Crippen LogP contribution in [0, 0.1) is 5.92 Å². The van der Waals surface area contributed by atoms with Gasteiger partial charge in [-0.2, -0.15) is 0 Å². The first-order valence-electron chi connectivity index (χ1n) is 8.94. The van der Waals surface area contributed by atoms with Crippen molar-refractivity contribution in [1.82, 2.24) is 10.2 Å². The Labute approximate surface area is 156 Å². The largest absolute Gasteiger partial charge is 0.507 e. The lowest BCUT2D eigenvalue weighted by Crippen LogP contribution is -2.57. The fourth-order valence-electron chi connectivity index (χ4n) is 3.17. The van der Waals surface area contributed by atoms with E-state index in [-0.39, 0.29) is 36.1 Å². The number of benzene rings is 1. The predicted octanol–water partition coefficient (Wildman–Crippen LogP) is -0.695. The highest BCUT2D eigenvalue weighted by Gasteiger charge is 2.35. The lowest BCUT2D eigenvalue weighted by Gasteiger charge is -2.40. The summed E-state index contributed by atoms with van der Waals surface area (Å²) in [6, 6.07) is 2.96. The van der Waals surface area contributed by atoms with Gasteiger partial charge in [0.15, 0.2) is 0 Å². The lowest BCUT2D eigenvalue weighted by atomic mass is 9.82. The molecule has 2 heterocycles. The van der Waals surface area contributed by atoms with Crippen molar-refractivity contribution < 1.29 is 34.6 Å². The molecule has 146 valence electrons. The number of nitrogens with one attached hydrogen (secondary N) is 1. The number of ether oxygens (including phenoxy) is 1. The van der Waals surface area contributed by atoms with E-state index in [9.17, 15) is 19.8 Å². The van der Waals surface area contributed by atoms with Gasteiger partial charge in [-0.25, -0.2) is 4.79 Å². The van der Waals surface area contributed by atoms with Gasteiger partial charge in [-0.1, -0.05) is 6.07 Å². The molecule has 9 nitrogen and oxygen atoms in total. The smallest absolute Gasteiger partial charge is 0.451 e. The van der Waals surface area contributed by atoms with Gasteiger partial charge in [0, 0.05) is 6.42 Å². The molecule has 0 bridgehead atoms. The third kappa shape index (κ3) is 4.52. The number of hydrogen-bond acceptors (Lipinski definition) is 7. The van der Waals surface area contributed by atoms with Gasteiger partial charge in [0.05, 0.1) is 13.1 Å². The number of aromatic hydroxyl groups is 1. The van der Waals surface area contributed by atoms with Gasteiger partial charge in [0.1, 0.15) is 23.2 Å². The van der Waals surface area contributed by atoms with Crippen LogP contribution in [0.5, 0.6) is 11.5 Å². The lowest BCUT2D eigenvalue weighted by molar-refractivity contribution is -0.141. The number of likely N-dealkylation sites (tertiary alicyclic amines) is 1. The number of hydrogen-bond donors (Lipinski definition) is 5. The SMILES string of the molecule is O=C(O)c1c(OC2CN(C(=O)CC3CNC3)C2)ccc(CCB(O)O)c1O. The average molecular weight is 378 g/mol. The number of aromatic carboxylic acids is 1. The Kier molecular flexibility index (Phi) is 5.88. The van der Waals surface area contributed by atoms with Crippen LogP contribution < -0.4 is 10.1 Å². The van der Waals surface area contributed by atoms with Crippen molar-refractivity contribution in [3.05, 3.63) is 23.3 Å². The van der Waals surface area contributed by atoms with E-state index in [0.29, 0.717) is 31.0 Å². The molecule has 27 heavy (non-hydrogen) atoms. The van der Waals surface area contributed by atoms with Crippen molar-refractivity contribution in [3.8, 4) is 11.5 Å². The minimum atomic E-state index is -1.54. The molecule has 0 spiro atoms. The van der Waals surface area contributed by atoms with Gasteiger partial charge in [-0.15, -0.1) is 0 Å². The molecular weight excluding hydrogens is 355 g/mol. The molecule has 0 atom stereocenters. The quantitative estimate of drug-likeness (QED) is 0.375. The fourth-order valence-corrected chi connectivity index (χ4v) is 3.17. The van der Waals surface area contributed by atoms with Gasteiger partial charge in [-0.05, 0) is 43.4 Å². The second-order valence-electron chi connectivity index (χ2n) is 7.04. The molecule has 0 unspecified atom stereocenters. The van der Waals surface area contributed by atoms with Crippen LogP contribution in [0.25, 0.3) is 0 Å². The van der Waals surface area contributed by atoms with Crippen molar-refractivity contribution in [2.75, 3.05) is 26.2 Å². The maximum absolute atomic E-state index is 12.1. The monoisotopic (exact) mass is 378 g/mol. The third-order valence-corrected chi connectivity index (χ3v) is 4.93. The van der Waals surface area contributed by atoms with Crippen molar-refractivity contribution >= 4 is 19.0 Å². The Balaban J connectivity index is 1.60. The standard InChI is InChI=1S/C17H23BN2O7/c21-14(5-10-6-19-7-10)20-8-12(9-20)27-13-2-1-11(3-4-18(25)26)16(22)15(13)17(23)24/h1-2,10,12,19,22,25-26H,3-9H2,(H,23,24). The molecule has 0 aliphatic carbocycles. The van der Waals surface area contributed by atoms with Crippen molar-refractivity contribution in [2.24, 2.45) is 5.92 Å². The zero-order valence-electron chi connectivity index (χ0n) is 14.8. The Hall–Kier alpha value is -2.30. The molecule has 1 amide bonds. The highest BCUT2D eigenvalue weighted by atomic mass is 16.5. The molecule has 5 N–H and O–H groups in total. The number of carboxylic acid groups (broad SMARTS) is 1. The van der Waals surface area contributed by atoms with Crippen LogP contribution in [0.15, 0.2) is 12.1 Å². The molecular formula is C17H23BN2O7. The van der Waals surface area contributed by atoms with Crippen LogP contribution in [0.1, 0.15) is 22.3 Å². The van der Waals surface area contributed by atoms with Crippen molar-refractivity contribution in [1.29, 1.82) is 0 Å². The summed E-state index contributed by atoms with van der Waals surface area (Å²) < 4.78 is 5.68. The summed E-state index contributed by atoms with van der Waals surface area (Å²) in [5.74, 6) is -1.28. The molecule has 2 aliphatic rings. The summed E-state index contributed by atoms with van der Waals surface area (Å²) in [7, 11) is -1.54. The Morgan fingerprint density at radius 3 is 2.52 bits per heavy atom. The van der Waals surface area contributed by atoms with Gasteiger partial charge < -0.3 is 35.2 Å². The normalized spacial score (nSPS) is 17.2. The van der Waals surface area contributed by atoms with Crippen molar-refractivity contribution in [2.45, 2.75) is 25.3 Å². The molecule has 3 rings (SSSR count). The number of amides is 1.